The number of nitrogens with two attached hydrogens (primary N) is 1. The van der Waals surface area contributed by atoms with Crippen LogP contribution in [0.4, 0.5) is 0 Å². The van der Waals surface area contributed by atoms with Crippen LogP contribution in [-0.2, 0) is 9.59 Å². The summed E-state index contributed by atoms with van der Waals surface area (Å²) in [7, 11) is 0. The maximum Gasteiger partial charge on any atom is 0.220 e. The van der Waals surface area contributed by atoms with Gasteiger partial charge in [0.15, 0.2) is 0 Å². The number of amides is 1. The van der Waals surface area contributed by atoms with Gasteiger partial charge in [-0.3, -0.25) is 4.79 Å². The number of hydrogen-bond acceptors (Lipinski definition) is 5. The minimum Gasteiger partial charge on any atom is -0.508 e. The Bertz CT molecular complexity index is 1020. The second kappa shape index (κ2) is 17.0. The lowest BCUT2D eigenvalue weighted by Gasteiger charge is -2.16. The molecule has 0 atom stereocenters. The van der Waals surface area contributed by atoms with Crippen molar-refractivity contribution >= 4 is 23.3 Å². The molecular weight excluding hydrogens is 464 g/mol. The van der Waals surface area contributed by atoms with Crippen LogP contribution >= 0.6 is 0 Å². The highest BCUT2D eigenvalue weighted by Crippen LogP contribution is 2.33. The number of aromatic hydroxyl groups is 1. The van der Waals surface area contributed by atoms with Crippen molar-refractivity contribution < 1.29 is 19.4 Å². The van der Waals surface area contributed by atoms with Crippen LogP contribution in [0.2, 0.25) is 0 Å². The molecule has 2 aromatic carbocycles. The van der Waals surface area contributed by atoms with Crippen molar-refractivity contribution in [2.45, 2.75) is 71.6 Å². The highest BCUT2D eigenvalue weighted by Gasteiger charge is 2.11. The monoisotopic (exact) mass is 506 g/mol. The van der Waals surface area contributed by atoms with Crippen molar-refractivity contribution in [2.75, 3.05) is 13.2 Å². The van der Waals surface area contributed by atoms with Crippen LogP contribution in [0.1, 0.15) is 82.8 Å². The van der Waals surface area contributed by atoms with Crippen molar-refractivity contribution in [2.24, 2.45) is 5.73 Å². The Kier molecular flexibility index (Phi) is 13.6. The first kappa shape index (κ1) is 29.7. The van der Waals surface area contributed by atoms with Crippen LogP contribution in [0.3, 0.4) is 0 Å². The summed E-state index contributed by atoms with van der Waals surface area (Å²) in [5, 5.41) is 12.5. The van der Waals surface area contributed by atoms with Gasteiger partial charge in [0.2, 0.25) is 5.91 Å². The number of allylic oxidation sites excluding steroid dienone is 3. The number of benzene rings is 2. The average Bonchev–Trinajstić information content (AvgIpc) is 2.92. The predicted molar refractivity (Wildman–Crippen MR) is 151 cm³/mol. The SMILES string of the molecule is CCC(/C(=C/N)c1ccc(O)cc1)=C(/C)c1ccc(OCCNC(=O)CCCCCCCCC=O)cc1. The van der Waals surface area contributed by atoms with Crippen LogP contribution < -0.4 is 15.8 Å². The summed E-state index contributed by atoms with van der Waals surface area (Å²) < 4.78 is 5.81. The molecule has 0 aromatic heterocycles. The smallest absolute Gasteiger partial charge is 0.220 e. The van der Waals surface area contributed by atoms with Gasteiger partial charge in [-0.1, -0.05) is 56.9 Å². The Morgan fingerprint density at radius 2 is 1.57 bits per heavy atom. The van der Waals surface area contributed by atoms with Gasteiger partial charge in [-0.05, 0) is 72.7 Å². The average molecular weight is 507 g/mol. The fourth-order valence-electron chi connectivity index (χ4n) is 4.31. The molecule has 0 radical (unpaired) electrons. The number of hydrogen-bond donors (Lipinski definition) is 3. The highest BCUT2D eigenvalue weighted by atomic mass is 16.5. The molecule has 37 heavy (non-hydrogen) atoms. The summed E-state index contributed by atoms with van der Waals surface area (Å²) in [5.74, 6) is 1.04. The van der Waals surface area contributed by atoms with E-state index in [0.717, 1.165) is 84.8 Å². The maximum absolute atomic E-state index is 12.0. The topological polar surface area (TPSA) is 102 Å². The molecule has 0 bridgehead atoms. The zero-order valence-electron chi connectivity index (χ0n) is 22.3. The summed E-state index contributed by atoms with van der Waals surface area (Å²) in [4.78, 5) is 22.3. The third-order valence-corrected chi connectivity index (χ3v) is 6.43. The van der Waals surface area contributed by atoms with Crippen LogP contribution in [0.25, 0.3) is 11.1 Å². The van der Waals surface area contributed by atoms with E-state index in [1.807, 2.05) is 36.4 Å². The quantitative estimate of drug-likeness (QED) is 0.131. The van der Waals surface area contributed by atoms with Crippen LogP contribution in [0.15, 0.2) is 60.3 Å². The molecule has 200 valence electrons. The number of carbonyl (C=O) groups is 2. The highest BCUT2D eigenvalue weighted by molar-refractivity contribution is 5.88. The minimum atomic E-state index is 0.0603. The molecular formula is C31H42N2O4. The van der Waals surface area contributed by atoms with Crippen molar-refractivity contribution in [3.8, 4) is 11.5 Å². The number of rotatable bonds is 17. The van der Waals surface area contributed by atoms with E-state index in [4.69, 9.17) is 10.5 Å². The lowest BCUT2D eigenvalue weighted by Crippen LogP contribution is -2.27. The second-order valence-corrected chi connectivity index (χ2v) is 9.13. The third kappa shape index (κ3) is 10.5. The standard InChI is InChI=1S/C31H42N2O4/c1-3-29(30(23-32)26-12-16-27(35)17-13-26)24(2)25-14-18-28(19-15-25)37-22-20-33-31(36)11-9-7-5-4-6-8-10-21-34/h12-19,21,23,35H,3-11,20,22,32H2,1-2H3,(H,33,36)/b29-24+,30-23+. The van der Waals surface area contributed by atoms with Crippen molar-refractivity contribution in [1.29, 1.82) is 0 Å². The van der Waals surface area contributed by atoms with Crippen LogP contribution in [0, 0.1) is 0 Å². The number of nitrogens with one attached hydrogen (secondary N) is 1. The van der Waals surface area contributed by atoms with Crippen LogP contribution in [-0.4, -0.2) is 30.5 Å². The molecule has 0 fully saturated rings. The molecule has 0 unspecified atom stereocenters. The van der Waals surface area contributed by atoms with E-state index in [-0.39, 0.29) is 11.7 Å². The van der Waals surface area contributed by atoms with Gasteiger partial charge < -0.3 is 25.7 Å². The first-order valence-corrected chi connectivity index (χ1v) is 13.3. The van der Waals surface area contributed by atoms with Crippen LogP contribution in [0.5, 0.6) is 11.5 Å². The largest absolute Gasteiger partial charge is 0.508 e. The molecule has 4 N–H and O–H groups in total. The fraction of sp³-hybridized carbons (Fsp3) is 0.419. The number of unbranched alkanes of at least 4 members (excludes halogenated alkanes) is 6. The number of aldehydes is 1. The first-order chi connectivity index (χ1) is 18.0. The molecule has 0 aliphatic carbocycles. The Hall–Kier alpha value is -3.54. The van der Waals surface area contributed by atoms with Gasteiger partial charge in [-0.15, -0.1) is 0 Å². The van der Waals surface area contributed by atoms with E-state index in [9.17, 15) is 14.7 Å². The summed E-state index contributed by atoms with van der Waals surface area (Å²) in [6.45, 7) is 5.08. The summed E-state index contributed by atoms with van der Waals surface area (Å²) in [6, 6.07) is 15.0. The minimum absolute atomic E-state index is 0.0603. The Labute approximate surface area is 221 Å². The molecule has 0 heterocycles. The Balaban J connectivity index is 1.78. The van der Waals surface area contributed by atoms with Gasteiger partial charge in [0, 0.05) is 24.6 Å². The van der Waals surface area contributed by atoms with Crippen molar-refractivity contribution in [3.05, 3.63) is 71.4 Å². The van der Waals surface area contributed by atoms with Crippen molar-refractivity contribution in [3.63, 3.8) is 0 Å². The lowest BCUT2D eigenvalue weighted by molar-refractivity contribution is -0.121. The number of phenolic OH excluding ortho intramolecular Hbond substituents is 1. The van der Waals surface area contributed by atoms with E-state index >= 15 is 0 Å². The zero-order valence-corrected chi connectivity index (χ0v) is 22.3. The molecule has 0 aliphatic rings. The number of phenols is 1. The summed E-state index contributed by atoms with van der Waals surface area (Å²) in [6.07, 6.45) is 10.8. The molecule has 2 aromatic rings. The maximum atomic E-state index is 12.0. The van der Waals surface area contributed by atoms with Crippen molar-refractivity contribution in [1.82, 2.24) is 5.32 Å². The summed E-state index contributed by atoms with van der Waals surface area (Å²) >= 11 is 0. The van der Waals surface area contributed by atoms with Gasteiger partial charge in [0.1, 0.15) is 24.4 Å². The molecule has 6 nitrogen and oxygen atoms in total. The molecule has 0 saturated carbocycles. The number of ether oxygens (including phenoxy) is 1. The first-order valence-electron chi connectivity index (χ1n) is 13.3. The van der Waals surface area contributed by atoms with Gasteiger partial charge >= 0.3 is 0 Å². The number of carbonyl (C=O) groups excluding carboxylic acids is 2. The van der Waals surface area contributed by atoms with E-state index in [1.54, 1.807) is 18.3 Å². The Morgan fingerprint density at radius 1 is 0.946 bits per heavy atom. The van der Waals surface area contributed by atoms with E-state index in [1.165, 1.54) is 0 Å². The molecule has 1 amide bonds. The molecule has 0 spiro atoms. The van der Waals surface area contributed by atoms with Gasteiger partial charge in [0.25, 0.3) is 0 Å². The molecule has 0 aliphatic heterocycles. The van der Waals surface area contributed by atoms with Gasteiger partial charge in [-0.25, -0.2) is 0 Å². The van der Waals surface area contributed by atoms with Gasteiger partial charge in [-0.2, -0.15) is 0 Å². The van der Waals surface area contributed by atoms with E-state index in [0.29, 0.717) is 26.0 Å². The van der Waals surface area contributed by atoms with Gasteiger partial charge in [0.05, 0.1) is 6.54 Å². The zero-order chi connectivity index (χ0) is 26.9. The Morgan fingerprint density at radius 3 is 2.19 bits per heavy atom. The van der Waals surface area contributed by atoms with E-state index in [2.05, 4.69) is 19.2 Å². The second-order valence-electron chi connectivity index (χ2n) is 9.13. The molecule has 0 saturated heterocycles. The normalized spacial score (nSPS) is 12.1. The summed E-state index contributed by atoms with van der Waals surface area (Å²) in [5.41, 5.74) is 11.3. The third-order valence-electron chi connectivity index (χ3n) is 6.43. The molecule has 2 rings (SSSR count). The fourth-order valence-corrected chi connectivity index (χ4v) is 4.31. The molecule has 6 heteroatoms. The predicted octanol–water partition coefficient (Wildman–Crippen LogP) is 6.39. The van der Waals surface area contributed by atoms with E-state index < -0.39 is 0 Å². The lowest BCUT2D eigenvalue weighted by atomic mass is 9.90.